The number of nitrogens with zero attached hydrogens (tertiary/aromatic N) is 4. The summed E-state index contributed by atoms with van der Waals surface area (Å²) in [7, 11) is 1.91. The molecule has 0 saturated heterocycles. The highest BCUT2D eigenvalue weighted by Crippen LogP contribution is 2.13. The fourth-order valence-corrected chi connectivity index (χ4v) is 2.06. The quantitative estimate of drug-likeness (QED) is 0.387. The van der Waals surface area contributed by atoms with E-state index in [-0.39, 0.29) is 5.84 Å². The van der Waals surface area contributed by atoms with Crippen LogP contribution in [0.15, 0.2) is 35.5 Å². The van der Waals surface area contributed by atoms with Crippen molar-refractivity contribution in [3.05, 3.63) is 52.8 Å². The van der Waals surface area contributed by atoms with Gasteiger partial charge in [0.2, 0.25) is 5.95 Å². The molecule has 0 saturated carbocycles. The summed E-state index contributed by atoms with van der Waals surface area (Å²) in [4.78, 5) is 10.6. The lowest BCUT2D eigenvalue weighted by Crippen LogP contribution is -2.22. The van der Waals surface area contributed by atoms with Gasteiger partial charge in [-0.3, -0.25) is 0 Å². The molecule has 0 radical (unpaired) electrons. The topological polar surface area (TPSA) is 87.6 Å². The van der Waals surface area contributed by atoms with Crippen LogP contribution in [0.25, 0.3) is 0 Å². The number of nitrogens with two attached hydrogens (primary N) is 1. The Morgan fingerprint density at radius 2 is 2.05 bits per heavy atom. The number of hydrogen-bond donors (Lipinski definition) is 2. The zero-order valence-corrected chi connectivity index (χ0v) is 12.4. The first-order valence-corrected chi connectivity index (χ1v) is 6.60. The molecule has 2 aromatic rings. The standard InChI is InChI=1S/C15H19N5O/c1-10-5-4-6-12(7-10)9-20(3)15-17-11(2)8-13(18-15)14(16)19-21/h4-8,21H,9H2,1-3H3,(H2,16,19). The summed E-state index contributed by atoms with van der Waals surface area (Å²) in [6, 6.07) is 9.94. The largest absolute Gasteiger partial charge is 0.409 e. The van der Waals surface area contributed by atoms with E-state index >= 15 is 0 Å². The molecule has 0 amide bonds. The van der Waals surface area contributed by atoms with Crippen LogP contribution in [-0.2, 0) is 6.54 Å². The zero-order valence-electron chi connectivity index (χ0n) is 12.4. The molecule has 6 heteroatoms. The minimum Gasteiger partial charge on any atom is -0.409 e. The molecule has 0 aliphatic rings. The molecule has 0 spiro atoms. The van der Waals surface area contributed by atoms with Gasteiger partial charge in [0.05, 0.1) is 0 Å². The molecule has 1 aromatic heterocycles. The van der Waals surface area contributed by atoms with Gasteiger partial charge in [0, 0.05) is 19.3 Å². The average molecular weight is 285 g/mol. The molecule has 1 heterocycles. The summed E-state index contributed by atoms with van der Waals surface area (Å²) < 4.78 is 0. The Kier molecular flexibility index (Phi) is 4.37. The van der Waals surface area contributed by atoms with Crippen LogP contribution in [0.5, 0.6) is 0 Å². The fraction of sp³-hybridized carbons (Fsp3) is 0.267. The van der Waals surface area contributed by atoms with E-state index in [4.69, 9.17) is 10.9 Å². The minimum atomic E-state index is -0.0225. The van der Waals surface area contributed by atoms with E-state index in [9.17, 15) is 0 Å². The van der Waals surface area contributed by atoms with Gasteiger partial charge in [-0.25, -0.2) is 9.97 Å². The summed E-state index contributed by atoms with van der Waals surface area (Å²) in [5, 5.41) is 11.7. The highest BCUT2D eigenvalue weighted by molar-refractivity contribution is 5.95. The van der Waals surface area contributed by atoms with Crippen molar-refractivity contribution < 1.29 is 5.21 Å². The van der Waals surface area contributed by atoms with E-state index in [2.05, 4.69) is 40.2 Å². The lowest BCUT2D eigenvalue weighted by Gasteiger charge is -2.18. The van der Waals surface area contributed by atoms with Gasteiger partial charge in [-0.05, 0) is 25.5 Å². The van der Waals surface area contributed by atoms with Gasteiger partial charge >= 0.3 is 0 Å². The second-order valence-corrected chi connectivity index (χ2v) is 5.02. The highest BCUT2D eigenvalue weighted by Gasteiger charge is 2.10. The third kappa shape index (κ3) is 3.68. The lowest BCUT2D eigenvalue weighted by molar-refractivity contribution is 0.318. The highest BCUT2D eigenvalue weighted by atomic mass is 16.4. The third-order valence-electron chi connectivity index (χ3n) is 3.06. The molecule has 0 fully saturated rings. The smallest absolute Gasteiger partial charge is 0.226 e. The van der Waals surface area contributed by atoms with Crippen LogP contribution in [-0.4, -0.2) is 28.1 Å². The Morgan fingerprint density at radius 1 is 1.29 bits per heavy atom. The number of oxime groups is 1. The first kappa shape index (κ1) is 14.8. The monoisotopic (exact) mass is 285 g/mol. The van der Waals surface area contributed by atoms with Crippen molar-refractivity contribution in [2.24, 2.45) is 10.9 Å². The number of hydrogen-bond acceptors (Lipinski definition) is 5. The predicted molar refractivity (Wildman–Crippen MR) is 82.6 cm³/mol. The number of aromatic nitrogens is 2. The molecule has 1 aromatic carbocycles. The van der Waals surface area contributed by atoms with Crippen molar-refractivity contribution in [2.75, 3.05) is 11.9 Å². The van der Waals surface area contributed by atoms with E-state index in [1.54, 1.807) is 6.07 Å². The van der Waals surface area contributed by atoms with Crippen molar-refractivity contribution in [1.29, 1.82) is 0 Å². The van der Waals surface area contributed by atoms with E-state index in [0.29, 0.717) is 18.2 Å². The maximum atomic E-state index is 8.76. The molecule has 0 aliphatic carbocycles. The van der Waals surface area contributed by atoms with Crippen molar-refractivity contribution in [3.63, 3.8) is 0 Å². The molecule has 0 unspecified atom stereocenters. The second-order valence-electron chi connectivity index (χ2n) is 5.02. The van der Waals surface area contributed by atoms with Gasteiger partial charge in [0.25, 0.3) is 0 Å². The predicted octanol–water partition coefficient (Wildman–Crippen LogP) is 1.82. The first-order valence-electron chi connectivity index (χ1n) is 6.60. The van der Waals surface area contributed by atoms with Gasteiger partial charge in [0.15, 0.2) is 5.84 Å². The van der Waals surface area contributed by atoms with Gasteiger partial charge in [0.1, 0.15) is 5.69 Å². The summed E-state index contributed by atoms with van der Waals surface area (Å²) >= 11 is 0. The molecule has 21 heavy (non-hydrogen) atoms. The van der Waals surface area contributed by atoms with Crippen LogP contribution in [0.4, 0.5) is 5.95 Å². The van der Waals surface area contributed by atoms with Crippen molar-refractivity contribution in [3.8, 4) is 0 Å². The Bertz CT molecular complexity index is 669. The molecule has 0 aliphatic heterocycles. The Hall–Kier alpha value is -2.63. The van der Waals surface area contributed by atoms with Gasteiger partial charge in [-0.15, -0.1) is 0 Å². The van der Waals surface area contributed by atoms with Crippen molar-refractivity contribution in [1.82, 2.24) is 9.97 Å². The van der Waals surface area contributed by atoms with Crippen LogP contribution in [0.1, 0.15) is 22.5 Å². The number of rotatable bonds is 4. The fourth-order valence-electron chi connectivity index (χ4n) is 2.06. The Balaban J connectivity index is 2.26. The number of benzene rings is 1. The molecular formula is C15H19N5O. The first-order chi connectivity index (χ1) is 9.99. The molecule has 3 N–H and O–H groups in total. The SMILES string of the molecule is Cc1cccc(CN(C)c2nc(C)cc(/C(N)=N/O)n2)c1. The molecule has 6 nitrogen and oxygen atoms in total. The summed E-state index contributed by atoms with van der Waals surface area (Å²) in [5.74, 6) is 0.517. The van der Waals surface area contributed by atoms with Gasteiger partial charge < -0.3 is 15.8 Å². The third-order valence-corrected chi connectivity index (χ3v) is 3.06. The lowest BCUT2D eigenvalue weighted by atomic mass is 10.1. The Morgan fingerprint density at radius 3 is 2.71 bits per heavy atom. The van der Waals surface area contributed by atoms with Gasteiger partial charge in [-0.2, -0.15) is 0 Å². The van der Waals surface area contributed by atoms with Gasteiger partial charge in [-0.1, -0.05) is 35.0 Å². The number of aryl methyl sites for hydroxylation is 2. The van der Waals surface area contributed by atoms with Crippen LogP contribution < -0.4 is 10.6 Å². The van der Waals surface area contributed by atoms with E-state index in [0.717, 1.165) is 5.69 Å². The van der Waals surface area contributed by atoms with Crippen LogP contribution >= 0.6 is 0 Å². The maximum absolute atomic E-state index is 8.76. The van der Waals surface area contributed by atoms with Crippen LogP contribution in [0.2, 0.25) is 0 Å². The molecular weight excluding hydrogens is 266 g/mol. The molecule has 110 valence electrons. The maximum Gasteiger partial charge on any atom is 0.226 e. The van der Waals surface area contributed by atoms with E-state index in [1.165, 1.54) is 11.1 Å². The molecule has 2 rings (SSSR count). The number of amidine groups is 1. The summed E-state index contributed by atoms with van der Waals surface area (Å²) in [6.07, 6.45) is 0. The Labute approximate surface area is 123 Å². The van der Waals surface area contributed by atoms with Crippen molar-refractivity contribution >= 4 is 11.8 Å². The van der Waals surface area contributed by atoms with E-state index in [1.807, 2.05) is 24.9 Å². The normalized spacial score (nSPS) is 11.5. The van der Waals surface area contributed by atoms with Crippen LogP contribution in [0.3, 0.4) is 0 Å². The van der Waals surface area contributed by atoms with E-state index < -0.39 is 0 Å². The second kappa shape index (κ2) is 6.21. The number of anilines is 1. The summed E-state index contributed by atoms with van der Waals surface area (Å²) in [6.45, 7) is 4.59. The molecule has 0 atom stereocenters. The average Bonchev–Trinajstić information content (AvgIpc) is 2.45. The summed E-state index contributed by atoms with van der Waals surface area (Å²) in [5.41, 5.74) is 9.16. The minimum absolute atomic E-state index is 0.0225. The zero-order chi connectivity index (χ0) is 15.4. The van der Waals surface area contributed by atoms with Crippen LogP contribution in [0, 0.1) is 13.8 Å². The van der Waals surface area contributed by atoms with Crippen molar-refractivity contribution in [2.45, 2.75) is 20.4 Å². The molecule has 0 bridgehead atoms.